The van der Waals surface area contributed by atoms with E-state index in [1.165, 1.54) is 0 Å². The molecule has 0 bridgehead atoms. The molecule has 5 heteroatoms. The zero-order chi connectivity index (χ0) is 13.4. The molecular formula is C13H18N2O3. The third-order valence-corrected chi connectivity index (χ3v) is 2.51. The van der Waals surface area contributed by atoms with Crippen LogP contribution in [0.4, 0.5) is 5.69 Å². The van der Waals surface area contributed by atoms with Gasteiger partial charge >= 0.3 is 5.97 Å². The van der Waals surface area contributed by atoms with Crippen molar-refractivity contribution in [1.82, 2.24) is 5.32 Å². The Kier molecular flexibility index (Phi) is 5.70. The molecule has 1 aromatic carbocycles. The summed E-state index contributed by atoms with van der Waals surface area (Å²) in [6, 6.07) is 7.40. The number of nitrogens with one attached hydrogen (secondary N) is 1. The van der Waals surface area contributed by atoms with Crippen LogP contribution in [-0.4, -0.2) is 23.5 Å². The predicted octanol–water partition coefficient (Wildman–Crippen LogP) is 1.18. The molecule has 5 nitrogen and oxygen atoms in total. The van der Waals surface area contributed by atoms with E-state index in [4.69, 9.17) is 10.8 Å². The van der Waals surface area contributed by atoms with Gasteiger partial charge in [0.1, 0.15) is 0 Å². The molecular weight excluding hydrogens is 232 g/mol. The van der Waals surface area contributed by atoms with Crippen LogP contribution >= 0.6 is 0 Å². The van der Waals surface area contributed by atoms with Gasteiger partial charge in [0.2, 0.25) is 5.91 Å². The number of aliphatic carboxylic acids is 1. The van der Waals surface area contributed by atoms with Gasteiger partial charge in [0.15, 0.2) is 0 Å². The lowest BCUT2D eigenvalue weighted by Crippen LogP contribution is -2.25. The third kappa shape index (κ3) is 5.89. The van der Waals surface area contributed by atoms with E-state index in [9.17, 15) is 9.59 Å². The van der Waals surface area contributed by atoms with Crippen molar-refractivity contribution in [2.75, 3.05) is 12.3 Å². The number of amides is 1. The third-order valence-electron chi connectivity index (χ3n) is 2.51. The van der Waals surface area contributed by atoms with Crippen molar-refractivity contribution in [3.63, 3.8) is 0 Å². The second-order valence-electron chi connectivity index (χ2n) is 4.09. The van der Waals surface area contributed by atoms with E-state index in [0.29, 0.717) is 31.5 Å². The van der Waals surface area contributed by atoms with Crippen LogP contribution in [0.5, 0.6) is 0 Å². The van der Waals surface area contributed by atoms with Crippen LogP contribution in [0.2, 0.25) is 0 Å². The van der Waals surface area contributed by atoms with Crippen molar-refractivity contribution in [2.24, 2.45) is 0 Å². The first-order chi connectivity index (χ1) is 8.58. The second kappa shape index (κ2) is 7.32. The quantitative estimate of drug-likeness (QED) is 0.500. The maximum Gasteiger partial charge on any atom is 0.303 e. The Hall–Kier alpha value is -2.04. The smallest absolute Gasteiger partial charge is 0.303 e. The molecule has 0 aliphatic rings. The second-order valence-corrected chi connectivity index (χ2v) is 4.09. The number of nitrogens with two attached hydrogens (primary N) is 1. The Morgan fingerprint density at radius 3 is 2.44 bits per heavy atom. The van der Waals surface area contributed by atoms with Crippen LogP contribution in [0, 0.1) is 0 Å². The van der Waals surface area contributed by atoms with Crippen LogP contribution in [0.15, 0.2) is 24.3 Å². The van der Waals surface area contributed by atoms with Crippen molar-refractivity contribution in [1.29, 1.82) is 0 Å². The minimum Gasteiger partial charge on any atom is -0.481 e. The fourth-order valence-corrected chi connectivity index (χ4v) is 1.50. The van der Waals surface area contributed by atoms with E-state index in [2.05, 4.69) is 5.32 Å². The maximum absolute atomic E-state index is 11.4. The van der Waals surface area contributed by atoms with Gasteiger partial charge in [-0.2, -0.15) is 0 Å². The Morgan fingerprint density at radius 2 is 1.83 bits per heavy atom. The molecule has 18 heavy (non-hydrogen) atoms. The lowest BCUT2D eigenvalue weighted by atomic mass is 10.1. The van der Waals surface area contributed by atoms with Gasteiger partial charge in [0, 0.05) is 25.1 Å². The predicted molar refractivity (Wildman–Crippen MR) is 69.1 cm³/mol. The topological polar surface area (TPSA) is 92.4 Å². The summed E-state index contributed by atoms with van der Waals surface area (Å²) in [7, 11) is 0. The Balaban J connectivity index is 2.17. The molecule has 0 atom stereocenters. The summed E-state index contributed by atoms with van der Waals surface area (Å²) in [6.45, 7) is 0.410. The fourth-order valence-electron chi connectivity index (χ4n) is 1.50. The number of nitrogen functional groups attached to an aromatic ring is 1. The first-order valence-electron chi connectivity index (χ1n) is 5.91. The van der Waals surface area contributed by atoms with Crippen LogP contribution in [-0.2, 0) is 16.0 Å². The van der Waals surface area contributed by atoms with Crippen molar-refractivity contribution in [2.45, 2.75) is 25.7 Å². The maximum atomic E-state index is 11.4. The number of anilines is 1. The Bertz CT molecular complexity index is 401. The Morgan fingerprint density at radius 1 is 1.17 bits per heavy atom. The molecule has 0 fully saturated rings. The molecule has 1 amide bonds. The SMILES string of the molecule is Nc1ccc(CCC(=O)NCCCC(=O)O)cc1. The lowest BCUT2D eigenvalue weighted by Gasteiger charge is -2.04. The normalized spacial score (nSPS) is 10.0. The van der Waals surface area contributed by atoms with Gasteiger partial charge in [0.25, 0.3) is 0 Å². The number of carboxylic acids is 1. The summed E-state index contributed by atoms with van der Waals surface area (Å²) < 4.78 is 0. The van der Waals surface area contributed by atoms with Crippen LogP contribution in [0.1, 0.15) is 24.8 Å². The number of aryl methyl sites for hydroxylation is 1. The van der Waals surface area contributed by atoms with Gasteiger partial charge in [-0.3, -0.25) is 9.59 Å². The molecule has 98 valence electrons. The largest absolute Gasteiger partial charge is 0.481 e. The summed E-state index contributed by atoms with van der Waals surface area (Å²) in [5, 5.41) is 11.1. The number of hydrogen-bond donors (Lipinski definition) is 3. The summed E-state index contributed by atoms with van der Waals surface area (Å²) in [5.41, 5.74) is 7.33. The molecule has 0 spiro atoms. The molecule has 0 radical (unpaired) electrons. The summed E-state index contributed by atoms with van der Waals surface area (Å²) in [4.78, 5) is 21.7. The average molecular weight is 250 g/mol. The number of carbonyl (C=O) groups is 2. The van der Waals surface area contributed by atoms with E-state index in [-0.39, 0.29) is 12.3 Å². The van der Waals surface area contributed by atoms with Gasteiger partial charge in [-0.15, -0.1) is 0 Å². The minimum absolute atomic E-state index is 0.0581. The number of benzene rings is 1. The van der Waals surface area contributed by atoms with Gasteiger partial charge in [-0.25, -0.2) is 0 Å². The summed E-state index contributed by atoms with van der Waals surface area (Å²) in [5.74, 6) is -0.900. The van der Waals surface area contributed by atoms with Crippen LogP contribution in [0.3, 0.4) is 0 Å². The standard InChI is InChI=1S/C13H18N2O3/c14-11-6-3-10(4-7-11)5-8-12(16)15-9-1-2-13(17)18/h3-4,6-7H,1-2,5,8-9,14H2,(H,15,16)(H,17,18). The first kappa shape index (κ1) is 14.0. The van der Waals surface area contributed by atoms with Gasteiger partial charge < -0.3 is 16.2 Å². The molecule has 0 heterocycles. The van der Waals surface area contributed by atoms with Crippen LogP contribution in [0.25, 0.3) is 0 Å². The number of rotatable bonds is 7. The van der Waals surface area contributed by atoms with Crippen molar-refractivity contribution < 1.29 is 14.7 Å². The average Bonchev–Trinajstić information content (AvgIpc) is 2.34. The van der Waals surface area contributed by atoms with Gasteiger partial charge in [-0.05, 0) is 30.5 Å². The molecule has 0 saturated heterocycles. The number of hydrogen-bond acceptors (Lipinski definition) is 3. The highest BCUT2D eigenvalue weighted by molar-refractivity contribution is 5.76. The van der Waals surface area contributed by atoms with E-state index in [1.54, 1.807) is 12.1 Å². The molecule has 0 aromatic heterocycles. The van der Waals surface area contributed by atoms with E-state index >= 15 is 0 Å². The lowest BCUT2D eigenvalue weighted by molar-refractivity contribution is -0.137. The van der Waals surface area contributed by atoms with Crippen LogP contribution < -0.4 is 11.1 Å². The zero-order valence-electron chi connectivity index (χ0n) is 10.2. The highest BCUT2D eigenvalue weighted by atomic mass is 16.4. The molecule has 0 saturated carbocycles. The van der Waals surface area contributed by atoms with Gasteiger partial charge in [0.05, 0.1) is 0 Å². The summed E-state index contributed by atoms with van der Waals surface area (Å²) in [6.07, 6.45) is 1.60. The number of carbonyl (C=O) groups excluding carboxylic acids is 1. The van der Waals surface area contributed by atoms with E-state index in [1.807, 2.05) is 12.1 Å². The highest BCUT2D eigenvalue weighted by Crippen LogP contribution is 2.07. The number of carboxylic acid groups (broad SMARTS) is 1. The highest BCUT2D eigenvalue weighted by Gasteiger charge is 2.02. The molecule has 0 aliphatic carbocycles. The van der Waals surface area contributed by atoms with Crippen molar-refractivity contribution in [3.05, 3.63) is 29.8 Å². The summed E-state index contributed by atoms with van der Waals surface area (Å²) >= 11 is 0. The molecule has 0 aliphatic heterocycles. The molecule has 4 N–H and O–H groups in total. The first-order valence-corrected chi connectivity index (χ1v) is 5.91. The molecule has 1 rings (SSSR count). The monoisotopic (exact) mass is 250 g/mol. The van der Waals surface area contributed by atoms with Crippen molar-refractivity contribution >= 4 is 17.6 Å². The van der Waals surface area contributed by atoms with E-state index < -0.39 is 5.97 Å². The molecule has 0 unspecified atom stereocenters. The fraction of sp³-hybridized carbons (Fsp3) is 0.385. The molecule has 1 aromatic rings. The van der Waals surface area contributed by atoms with Gasteiger partial charge in [-0.1, -0.05) is 12.1 Å². The van der Waals surface area contributed by atoms with Crippen molar-refractivity contribution in [3.8, 4) is 0 Å². The van der Waals surface area contributed by atoms with E-state index in [0.717, 1.165) is 5.56 Å². The minimum atomic E-state index is -0.842. The Labute approximate surface area is 106 Å². The zero-order valence-corrected chi connectivity index (χ0v) is 10.2.